The Morgan fingerprint density at radius 3 is 2.48 bits per heavy atom. The molecule has 0 aliphatic carbocycles. The topological polar surface area (TPSA) is 28.2 Å². The fraction of sp³-hybridized carbons (Fsp3) is 0.353. The lowest BCUT2D eigenvalue weighted by molar-refractivity contribution is 0.627. The first-order chi connectivity index (χ1) is 10.1. The predicted molar refractivity (Wildman–Crippen MR) is 85.4 cm³/mol. The maximum atomic E-state index is 13.1. The molecule has 0 radical (unpaired) electrons. The first-order valence-corrected chi connectivity index (χ1v) is 7.35. The summed E-state index contributed by atoms with van der Waals surface area (Å²) in [6, 6.07) is 10.7. The van der Waals surface area contributed by atoms with Crippen LogP contribution in [0.5, 0.6) is 0 Å². The number of halogens is 1. The van der Waals surface area contributed by atoms with E-state index in [0.29, 0.717) is 0 Å². The highest BCUT2D eigenvalue weighted by atomic mass is 19.1. The molecule has 0 saturated heterocycles. The van der Waals surface area contributed by atoms with Gasteiger partial charge >= 0.3 is 0 Å². The van der Waals surface area contributed by atoms with Crippen LogP contribution in [0, 0.1) is 12.7 Å². The molecule has 0 fully saturated rings. The van der Waals surface area contributed by atoms with Crippen LogP contribution in [0.15, 0.2) is 36.4 Å². The summed E-state index contributed by atoms with van der Waals surface area (Å²) < 4.78 is 13.1. The minimum absolute atomic E-state index is 0.222. The van der Waals surface area contributed by atoms with E-state index in [1.807, 2.05) is 6.92 Å². The SMILES string of the molecule is CCNCc1cc(C)nc(N(CC)c2ccc(F)cc2)c1. The Morgan fingerprint density at radius 2 is 1.86 bits per heavy atom. The van der Waals surface area contributed by atoms with Crippen LogP contribution in [0.2, 0.25) is 0 Å². The van der Waals surface area contributed by atoms with E-state index < -0.39 is 0 Å². The molecule has 0 saturated carbocycles. The maximum absolute atomic E-state index is 13.1. The van der Waals surface area contributed by atoms with Crippen LogP contribution in [0.25, 0.3) is 0 Å². The van der Waals surface area contributed by atoms with Gasteiger partial charge in [-0.3, -0.25) is 0 Å². The smallest absolute Gasteiger partial charge is 0.133 e. The van der Waals surface area contributed by atoms with Crippen LogP contribution in [0.4, 0.5) is 15.9 Å². The van der Waals surface area contributed by atoms with Crippen LogP contribution in [0.3, 0.4) is 0 Å². The number of aromatic nitrogens is 1. The Morgan fingerprint density at radius 1 is 1.14 bits per heavy atom. The Labute approximate surface area is 125 Å². The normalized spacial score (nSPS) is 10.7. The molecule has 2 rings (SSSR count). The third kappa shape index (κ3) is 4.02. The number of hydrogen-bond acceptors (Lipinski definition) is 3. The summed E-state index contributed by atoms with van der Waals surface area (Å²) in [6.45, 7) is 8.70. The van der Waals surface area contributed by atoms with Gasteiger partial charge in [-0.1, -0.05) is 6.92 Å². The quantitative estimate of drug-likeness (QED) is 0.876. The number of pyridine rings is 1. The van der Waals surface area contributed by atoms with Gasteiger partial charge in [-0.05, 0) is 62.4 Å². The summed E-state index contributed by atoms with van der Waals surface area (Å²) in [5.41, 5.74) is 3.15. The van der Waals surface area contributed by atoms with Crippen molar-refractivity contribution in [3.8, 4) is 0 Å². The fourth-order valence-electron chi connectivity index (χ4n) is 2.33. The van der Waals surface area contributed by atoms with Crippen molar-refractivity contribution in [3.63, 3.8) is 0 Å². The molecule has 112 valence electrons. The highest BCUT2D eigenvalue weighted by Gasteiger charge is 2.10. The summed E-state index contributed by atoms with van der Waals surface area (Å²) in [5.74, 6) is 0.678. The average molecular weight is 287 g/mol. The van der Waals surface area contributed by atoms with E-state index >= 15 is 0 Å². The lowest BCUT2D eigenvalue weighted by atomic mass is 10.2. The van der Waals surface area contributed by atoms with Crippen molar-refractivity contribution in [3.05, 3.63) is 53.5 Å². The van der Waals surface area contributed by atoms with Crippen LogP contribution in [0.1, 0.15) is 25.1 Å². The lowest BCUT2D eigenvalue weighted by Crippen LogP contribution is -2.19. The Hall–Kier alpha value is -1.94. The minimum atomic E-state index is -0.222. The van der Waals surface area contributed by atoms with Gasteiger partial charge in [-0.2, -0.15) is 0 Å². The van der Waals surface area contributed by atoms with Crippen molar-refractivity contribution in [1.82, 2.24) is 10.3 Å². The maximum Gasteiger partial charge on any atom is 0.133 e. The first-order valence-electron chi connectivity index (χ1n) is 7.35. The molecule has 21 heavy (non-hydrogen) atoms. The first kappa shape index (κ1) is 15.4. The van der Waals surface area contributed by atoms with E-state index in [-0.39, 0.29) is 5.82 Å². The third-order valence-electron chi connectivity index (χ3n) is 3.31. The zero-order valence-corrected chi connectivity index (χ0v) is 12.9. The van der Waals surface area contributed by atoms with E-state index in [9.17, 15) is 4.39 Å². The second kappa shape index (κ2) is 7.18. The van der Waals surface area contributed by atoms with Crippen LogP contribution in [-0.4, -0.2) is 18.1 Å². The number of aryl methyl sites for hydroxylation is 1. The second-order valence-corrected chi connectivity index (χ2v) is 4.98. The molecule has 1 N–H and O–H groups in total. The summed E-state index contributed by atoms with van der Waals surface area (Å²) in [7, 11) is 0. The van der Waals surface area contributed by atoms with Gasteiger partial charge < -0.3 is 10.2 Å². The number of benzene rings is 1. The van der Waals surface area contributed by atoms with E-state index in [0.717, 1.165) is 36.8 Å². The molecule has 0 atom stereocenters. The average Bonchev–Trinajstić information content (AvgIpc) is 2.47. The van der Waals surface area contributed by atoms with Crippen molar-refractivity contribution in [2.45, 2.75) is 27.3 Å². The summed E-state index contributed by atoms with van der Waals surface area (Å²) >= 11 is 0. The molecule has 1 aromatic heterocycles. The standard InChI is InChI=1S/C17H22FN3/c1-4-19-12-14-10-13(3)20-17(11-14)21(5-2)16-8-6-15(18)7-9-16/h6-11,19H,4-5,12H2,1-3H3. The molecular weight excluding hydrogens is 265 g/mol. The zero-order valence-electron chi connectivity index (χ0n) is 12.9. The van der Waals surface area contributed by atoms with Gasteiger partial charge in [0.15, 0.2) is 0 Å². The van der Waals surface area contributed by atoms with E-state index in [1.165, 1.54) is 17.7 Å². The number of nitrogens with one attached hydrogen (secondary N) is 1. The monoisotopic (exact) mass is 287 g/mol. The van der Waals surface area contributed by atoms with Gasteiger partial charge in [-0.15, -0.1) is 0 Å². The molecule has 0 amide bonds. The molecule has 1 aromatic carbocycles. The van der Waals surface area contributed by atoms with Gasteiger partial charge in [0.2, 0.25) is 0 Å². The van der Waals surface area contributed by atoms with Gasteiger partial charge in [0.05, 0.1) is 0 Å². The highest BCUT2D eigenvalue weighted by Crippen LogP contribution is 2.24. The highest BCUT2D eigenvalue weighted by molar-refractivity contribution is 5.60. The van der Waals surface area contributed by atoms with Gasteiger partial charge in [0.1, 0.15) is 11.6 Å². The second-order valence-electron chi connectivity index (χ2n) is 4.98. The Kier molecular flexibility index (Phi) is 5.28. The minimum Gasteiger partial charge on any atom is -0.327 e. The van der Waals surface area contributed by atoms with Gasteiger partial charge in [0, 0.05) is 24.5 Å². The van der Waals surface area contributed by atoms with Gasteiger partial charge in [0.25, 0.3) is 0 Å². The molecule has 3 nitrogen and oxygen atoms in total. The Bertz CT molecular complexity index is 581. The van der Waals surface area contributed by atoms with Gasteiger partial charge in [-0.25, -0.2) is 9.37 Å². The van der Waals surface area contributed by atoms with Crippen molar-refractivity contribution in [2.24, 2.45) is 0 Å². The third-order valence-corrected chi connectivity index (χ3v) is 3.31. The summed E-state index contributed by atoms with van der Waals surface area (Å²) in [5, 5.41) is 3.33. The summed E-state index contributed by atoms with van der Waals surface area (Å²) in [6.07, 6.45) is 0. The molecule has 0 unspecified atom stereocenters. The van der Waals surface area contributed by atoms with E-state index in [1.54, 1.807) is 12.1 Å². The molecule has 2 aromatic rings. The number of rotatable bonds is 6. The molecular formula is C17H22FN3. The van der Waals surface area contributed by atoms with Crippen LogP contribution in [-0.2, 0) is 6.54 Å². The predicted octanol–water partition coefficient (Wildman–Crippen LogP) is 3.80. The van der Waals surface area contributed by atoms with Crippen molar-refractivity contribution >= 4 is 11.5 Å². The number of anilines is 2. The zero-order chi connectivity index (χ0) is 15.2. The molecule has 0 bridgehead atoms. The number of hydrogen-bond donors (Lipinski definition) is 1. The largest absolute Gasteiger partial charge is 0.327 e. The Balaban J connectivity index is 2.32. The molecule has 1 heterocycles. The number of nitrogens with zero attached hydrogens (tertiary/aromatic N) is 2. The van der Waals surface area contributed by atoms with Crippen molar-refractivity contribution < 1.29 is 4.39 Å². The molecule has 0 aliphatic rings. The van der Waals surface area contributed by atoms with Crippen molar-refractivity contribution in [1.29, 1.82) is 0 Å². The molecule has 0 spiro atoms. The van der Waals surface area contributed by atoms with Crippen molar-refractivity contribution in [2.75, 3.05) is 18.0 Å². The van der Waals surface area contributed by atoms with Crippen LogP contribution < -0.4 is 10.2 Å². The molecule has 4 heteroatoms. The van der Waals surface area contributed by atoms with E-state index in [2.05, 4.69) is 41.2 Å². The van der Waals surface area contributed by atoms with Crippen LogP contribution >= 0.6 is 0 Å². The fourth-order valence-corrected chi connectivity index (χ4v) is 2.33. The van der Waals surface area contributed by atoms with E-state index in [4.69, 9.17) is 0 Å². The summed E-state index contributed by atoms with van der Waals surface area (Å²) in [4.78, 5) is 6.70. The lowest BCUT2D eigenvalue weighted by Gasteiger charge is -2.23. The molecule has 0 aliphatic heterocycles.